The maximum atomic E-state index is 13.0. The molecule has 3 heterocycles. The van der Waals surface area contributed by atoms with Gasteiger partial charge in [0.05, 0.1) is 11.3 Å². The van der Waals surface area contributed by atoms with Gasteiger partial charge in [-0.05, 0) is 51.0 Å². The Morgan fingerprint density at radius 2 is 2.09 bits per heavy atom. The van der Waals surface area contributed by atoms with Gasteiger partial charge in [0.15, 0.2) is 0 Å². The lowest BCUT2D eigenvalue weighted by molar-refractivity contribution is -0.00694. The van der Waals surface area contributed by atoms with Crippen LogP contribution in [0.15, 0.2) is 6.07 Å². The van der Waals surface area contributed by atoms with Crippen molar-refractivity contribution < 1.29 is 9.53 Å². The number of rotatable bonds is 3. The van der Waals surface area contributed by atoms with Crippen LogP contribution in [0.2, 0.25) is 0 Å². The fraction of sp³-hybridized carbons (Fsp3) is 0.778. The van der Waals surface area contributed by atoms with Crippen molar-refractivity contribution in [1.82, 2.24) is 14.7 Å². The van der Waals surface area contributed by atoms with E-state index in [1.54, 1.807) is 0 Å². The van der Waals surface area contributed by atoms with Crippen LogP contribution in [-0.2, 0) is 11.3 Å². The topological polar surface area (TPSA) is 47.4 Å². The van der Waals surface area contributed by atoms with Crippen LogP contribution >= 0.6 is 0 Å². The lowest BCUT2D eigenvalue weighted by Gasteiger charge is -2.27. The van der Waals surface area contributed by atoms with Crippen LogP contribution in [0.1, 0.15) is 75.0 Å². The highest BCUT2D eigenvalue weighted by Gasteiger charge is 2.37. The number of nitrogens with zero attached hydrogens (tertiary/aromatic N) is 3. The Morgan fingerprint density at radius 1 is 1.30 bits per heavy atom. The van der Waals surface area contributed by atoms with Gasteiger partial charge in [0.1, 0.15) is 5.69 Å². The Kier molecular flexibility index (Phi) is 4.76. The molecule has 23 heavy (non-hydrogen) atoms. The number of ether oxygens (including phenoxy) is 1. The van der Waals surface area contributed by atoms with E-state index in [9.17, 15) is 4.79 Å². The van der Waals surface area contributed by atoms with E-state index >= 15 is 0 Å². The lowest BCUT2D eigenvalue weighted by Crippen LogP contribution is -2.35. The molecule has 0 saturated carbocycles. The summed E-state index contributed by atoms with van der Waals surface area (Å²) in [6.07, 6.45) is 5.40. The third-order valence-corrected chi connectivity index (χ3v) is 5.28. The largest absolute Gasteiger partial charge is 0.375 e. The van der Waals surface area contributed by atoms with Crippen LogP contribution in [0.25, 0.3) is 0 Å². The minimum Gasteiger partial charge on any atom is -0.375 e. The van der Waals surface area contributed by atoms with Crippen LogP contribution < -0.4 is 0 Å². The molecule has 2 fully saturated rings. The number of hydrogen-bond donors (Lipinski definition) is 0. The smallest absolute Gasteiger partial charge is 0.272 e. The van der Waals surface area contributed by atoms with Crippen molar-refractivity contribution in [2.75, 3.05) is 19.7 Å². The normalized spacial score (nSPS) is 25.3. The SMILES string of the molecule is CCn1nc(C(C)C)cc1C(=O)N1CCC[C@@]2(CCCO2)CC1. The maximum absolute atomic E-state index is 13.0. The monoisotopic (exact) mass is 319 g/mol. The Balaban J connectivity index is 1.75. The van der Waals surface area contributed by atoms with Crippen molar-refractivity contribution in [1.29, 1.82) is 0 Å². The summed E-state index contributed by atoms with van der Waals surface area (Å²) in [6, 6.07) is 1.98. The van der Waals surface area contributed by atoms with Gasteiger partial charge < -0.3 is 9.64 Å². The Hall–Kier alpha value is -1.36. The van der Waals surface area contributed by atoms with E-state index in [-0.39, 0.29) is 11.5 Å². The molecule has 0 unspecified atom stereocenters. The zero-order chi connectivity index (χ0) is 16.4. The van der Waals surface area contributed by atoms with Gasteiger partial charge >= 0.3 is 0 Å². The second-order valence-corrected chi connectivity index (χ2v) is 7.21. The summed E-state index contributed by atoms with van der Waals surface area (Å²) in [4.78, 5) is 15.0. The molecule has 1 aromatic rings. The van der Waals surface area contributed by atoms with Gasteiger partial charge in [-0.25, -0.2) is 0 Å². The fourth-order valence-corrected chi connectivity index (χ4v) is 3.81. The van der Waals surface area contributed by atoms with Gasteiger partial charge in [0.2, 0.25) is 0 Å². The summed E-state index contributed by atoms with van der Waals surface area (Å²) in [6.45, 7) is 9.51. The number of amides is 1. The minimum atomic E-state index is 0.0448. The Labute approximate surface area is 139 Å². The first-order valence-electron chi connectivity index (χ1n) is 9.05. The van der Waals surface area contributed by atoms with Crippen molar-refractivity contribution >= 4 is 5.91 Å². The van der Waals surface area contributed by atoms with Gasteiger partial charge in [-0.2, -0.15) is 5.10 Å². The molecule has 0 N–H and O–H groups in total. The van der Waals surface area contributed by atoms with E-state index in [4.69, 9.17) is 4.74 Å². The highest BCUT2D eigenvalue weighted by molar-refractivity contribution is 5.92. The molecule has 0 radical (unpaired) electrons. The molecule has 128 valence electrons. The first-order chi connectivity index (χ1) is 11.0. The number of aryl methyl sites for hydroxylation is 1. The third kappa shape index (κ3) is 3.30. The number of carbonyl (C=O) groups excluding carboxylic acids is 1. The standard InChI is InChI=1S/C18H29N3O2/c1-4-21-16(13-15(19-21)14(2)3)17(22)20-10-5-7-18(9-11-20)8-6-12-23-18/h13-14H,4-12H2,1-3H3/t18-/m1/s1. The van der Waals surface area contributed by atoms with Gasteiger partial charge in [0.25, 0.3) is 5.91 Å². The molecule has 1 spiro atoms. The number of hydrogen-bond acceptors (Lipinski definition) is 3. The zero-order valence-corrected chi connectivity index (χ0v) is 14.7. The van der Waals surface area contributed by atoms with Crippen molar-refractivity contribution in [2.24, 2.45) is 0 Å². The highest BCUT2D eigenvalue weighted by Crippen LogP contribution is 2.35. The van der Waals surface area contributed by atoms with Crippen molar-refractivity contribution in [3.63, 3.8) is 0 Å². The summed E-state index contributed by atoms with van der Waals surface area (Å²) in [7, 11) is 0. The van der Waals surface area contributed by atoms with Gasteiger partial charge in [-0.15, -0.1) is 0 Å². The molecule has 3 rings (SSSR count). The second kappa shape index (κ2) is 6.63. The zero-order valence-electron chi connectivity index (χ0n) is 14.7. The minimum absolute atomic E-state index is 0.0448. The van der Waals surface area contributed by atoms with Crippen LogP contribution in [-0.4, -0.2) is 45.9 Å². The molecule has 2 aliphatic rings. The van der Waals surface area contributed by atoms with E-state index in [0.717, 1.165) is 69.7 Å². The van der Waals surface area contributed by atoms with Crippen LogP contribution in [0.5, 0.6) is 0 Å². The van der Waals surface area contributed by atoms with Gasteiger partial charge in [-0.1, -0.05) is 13.8 Å². The van der Waals surface area contributed by atoms with Crippen molar-refractivity contribution in [3.05, 3.63) is 17.5 Å². The van der Waals surface area contributed by atoms with Crippen LogP contribution in [0.4, 0.5) is 0 Å². The average Bonchev–Trinajstić information content (AvgIpc) is 3.11. The second-order valence-electron chi connectivity index (χ2n) is 7.21. The van der Waals surface area contributed by atoms with E-state index in [2.05, 4.69) is 18.9 Å². The fourth-order valence-electron chi connectivity index (χ4n) is 3.81. The Bertz CT molecular complexity index is 559. The summed E-state index contributed by atoms with van der Waals surface area (Å²) in [5.41, 5.74) is 1.78. The van der Waals surface area contributed by atoms with Crippen LogP contribution in [0.3, 0.4) is 0 Å². The molecule has 0 aromatic carbocycles. The highest BCUT2D eigenvalue weighted by atomic mass is 16.5. The number of carbonyl (C=O) groups is 1. The predicted molar refractivity (Wildman–Crippen MR) is 89.7 cm³/mol. The first kappa shape index (κ1) is 16.5. The van der Waals surface area contributed by atoms with E-state index in [1.807, 2.05) is 22.6 Å². The molecule has 2 saturated heterocycles. The summed E-state index contributed by atoms with van der Waals surface area (Å²) in [5.74, 6) is 0.468. The van der Waals surface area contributed by atoms with Gasteiger partial charge in [-0.3, -0.25) is 9.48 Å². The molecule has 1 aromatic heterocycles. The van der Waals surface area contributed by atoms with E-state index in [1.165, 1.54) is 0 Å². The van der Waals surface area contributed by atoms with Crippen molar-refractivity contribution in [2.45, 2.75) is 70.9 Å². The molecule has 0 aliphatic carbocycles. The summed E-state index contributed by atoms with van der Waals surface area (Å²) in [5, 5.41) is 4.58. The lowest BCUT2D eigenvalue weighted by atomic mass is 9.92. The summed E-state index contributed by atoms with van der Waals surface area (Å²) >= 11 is 0. The quantitative estimate of drug-likeness (QED) is 0.859. The van der Waals surface area contributed by atoms with Crippen molar-refractivity contribution in [3.8, 4) is 0 Å². The maximum Gasteiger partial charge on any atom is 0.272 e. The molecule has 1 atom stereocenters. The summed E-state index contributed by atoms with van der Waals surface area (Å²) < 4.78 is 7.87. The molecule has 2 aliphatic heterocycles. The molecule has 1 amide bonds. The average molecular weight is 319 g/mol. The molecular weight excluding hydrogens is 290 g/mol. The molecule has 0 bridgehead atoms. The van der Waals surface area contributed by atoms with E-state index < -0.39 is 0 Å². The molecular formula is C18H29N3O2. The third-order valence-electron chi connectivity index (χ3n) is 5.28. The molecule has 5 heteroatoms. The molecule has 5 nitrogen and oxygen atoms in total. The first-order valence-corrected chi connectivity index (χ1v) is 9.05. The Morgan fingerprint density at radius 3 is 2.74 bits per heavy atom. The van der Waals surface area contributed by atoms with E-state index in [0.29, 0.717) is 5.92 Å². The number of likely N-dealkylation sites (tertiary alicyclic amines) is 1. The van der Waals surface area contributed by atoms with Crippen LogP contribution in [0, 0.1) is 0 Å². The predicted octanol–water partition coefficient (Wildman–Crippen LogP) is 3.20. The van der Waals surface area contributed by atoms with Gasteiger partial charge in [0, 0.05) is 26.2 Å². The number of aromatic nitrogens is 2.